The first-order valence-corrected chi connectivity index (χ1v) is 23.6. The van der Waals surface area contributed by atoms with Gasteiger partial charge in [-0.2, -0.15) is 5.10 Å². The van der Waals surface area contributed by atoms with Crippen LogP contribution in [0.4, 0.5) is 0 Å². The molecule has 334 valence electrons. The number of likely N-dealkylation sites (tertiary alicyclic amines) is 1. The maximum atomic E-state index is 13.7. The molecule has 8 aromatic rings. The zero-order valence-electron chi connectivity index (χ0n) is 37.3. The van der Waals surface area contributed by atoms with Gasteiger partial charge in [0.2, 0.25) is 11.8 Å². The van der Waals surface area contributed by atoms with Gasteiger partial charge in [-0.3, -0.25) is 23.6 Å². The first-order chi connectivity index (χ1) is 31.6. The van der Waals surface area contributed by atoms with Gasteiger partial charge in [0.05, 0.1) is 24.2 Å². The Labute approximate surface area is 382 Å². The van der Waals surface area contributed by atoms with Crippen LogP contribution in [0.5, 0.6) is 0 Å². The van der Waals surface area contributed by atoms with Crippen LogP contribution in [0.2, 0.25) is 0 Å². The van der Waals surface area contributed by atoms with E-state index < -0.39 is 5.60 Å². The molecule has 0 saturated carbocycles. The second-order valence-electron chi connectivity index (χ2n) is 17.5. The Morgan fingerprint density at radius 2 is 1.60 bits per heavy atom. The maximum absolute atomic E-state index is 13.7. The van der Waals surface area contributed by atoms with Crippen LogP contribution in [0.25, 0.3) is 54.5 Å². The SMILES string of the molecule is CCn1c2ccc(CNCCCC(=O)NCc3ccc(-c4c5ncn(CC6(O)CCN(C(=O)CCc7ccccc7)CC6)c(=O)c5nn4C)cc3)cc2c2ccc(-c3cc(C)cs3)cc21. The van der Waals surface area contributed by atoms with Crippen molar-refractivity contribution < 1.29 is 14.7 Å². The van der Waals surface area contributed by atoms with Crippen molar-refractivity contribution in [1.82, 2.24) is 39.4 Å². The Kier molecular flexibility index (Phi) is 12.8. The number of fused-ring (bicyclic) bond motifs is 4. The lowest BCUT2D eigenvalue weighted by Crippen LogP contribution is -2.49. The highest BCUT2D eigenvalue weighted by Gasteiger charge is 2.35. The molecule has 9 rings (SSSR count). The van der Waals surface area contributed by atoms with Gasteiger partial charge in [0.15, 0.2) is 5.52 Å². The summed E-state index contributed by atoms with van der Waals surface area (Å²) in [6, 6.07) is 33.6. The Morgan fingerprint density at radius 1 is 0.831 bits per heavy atom. The van der Waals surface area contributed by atoms with Gasteiger partial charge in [-0.25, -0.2) is 4.98 Å². The molecule has 12 nitrogen and oxygen atoms in total. The Morgan fingerprint density at radius 3 is 2.35 bits per heavy atom. The fraction of sp³-hybridized carbons (Fsp3) is 0.327. The van der Waals surface area contributed by atoms with E-state index in [1.165, 1.54) is 54.3 Å². The molecule has 2 amide bonds. The van der Waals surface area contributed by atoms with Crippen LogP contribution in [-0.2, 0) is 49.2 Å². The number of hydrogen-bond donors (Lipinski definition) is 3. The van der Waals surface area contributed by atoms with E-state index >= 15 is 0 Å². The van der Waals surface area contributed by atoms with Gasteiger partial charge in [0.25, 0.3) is 5.56 Å². The molecule has 1 fully saturated rings. The van der Waals surface area contributed by atoms with Gasteiger partial charge in [-0.05, 0) is 104 Å². The van der Waals surface area contributed by atoms with Gasteiger partial charge in [0, 0.05) is 84.9 Å². The largest absolute Gasteiger partial charge is 0.388 e. The van der Waals surface area contributed by atoms with Crippen LogP contribution in [-0.4, -0.2) is 71.0 Å². The van der Waals surface area contributed by atoms with Crippen molar-refractivity contribution in [2.75, 3.05) is 19.6 Å². The van der Waals surface area contributed by atoms with Gasteiger partial charge in [-0.1, -0.05) is 72.8 Å². The molecule has 4 aromatic heterocycles. The van der Waals surface area contributed by atoms with Crippen molar-refractivity contribution in [3.8, 4) is 21.7 Å². The normalized spacial score (nSPS) is 13.9. The van der Waals surface area contributed by atoms with Crippen LogP contribution < -0.4 is 16.2 Å². The molecule has 1 saturated heterocycles. The topological polar surface area (TPSA) is 139 Å². The fourth-order valence-electron chi connectivity index (χ4n) is 9.24. The second kappa shape index (κ2) is 19.0. The third kappa shape index (κ3) is 9.54. The zero-order chi connectivity index (χ0) is 45.1. The summed E-state index contributed by atoms with van der Waals surface area (Å²) in [4.78, 5) is 47.1. The average molecular weight is 889 g/mol. The minimum Gasteiger partial charge on any atom is -0.388 e. The standard InChI is InChI=1S/C52H56N8O4S/c1-4-60-43-20-14-38(28-42(43)41-19-18-40(29-44(41)60)45-27-35(2)32-65-45)30-53-24-8-11-46(61)54-31-37-12-16-39(17-13-37)50-48-49(56-57(50)3)51(63)59(34-55-48)33-52(64)22-25-58(26-23-52)47(62)21-15-36-9-6-5-7-10-36/h5-7,9-10,12-14,16-20,27-29,32,34,53,64H,4,8,11,15,21-26,30-31,33H2,1-3H3,(H,54,61). The molecule has 0 spiro atoms. The molecule has 1 aliphatic heterocycles. The van der Waals surface area contributed by atoms with Crippen LogP contribution in [0.15, 0.2) is 114 Å². The van der Waals surface area contributed by atoms with Crippen LogP contribution >= 0.6 is 11.3 Å². The van der Waals surface area contributed by atoms with Crippen molar-refractivity contribution in [3.05, 3.63) is 141 Å². The molecular weight excluding hydrogens is 833 g/mol. The van der Waals surface area contributed by atoms with Crippen molar-refractivity contribution >= 4 is 56.0 Å². The average Bonchev–Trinajstić information content (AvgIpc) is 4.01. The molecule has 4 aromatic carbocycles. The zero-order valence-corrected chi connectivity index (χ0v) is 38.2. The van der Waals surface area contributed by atoms with E-state index in [-0.39, 0.29) is 29.4 Å². The molecule has 0 radical (unpaired) electrons. The van der Waals surface area contributed by atoms with Crippen molar-refractivity contribution in [3.63, 3.8) is 0 Å². The van der Waals surface area contributed by atoms with Crippen molar-refractivity contribution in [2.24, 2.45) is 7.05 Å². The number of rotatable bonds is 16. The van der Waals surface area contributed by atoms with E-state index in [9.17, 15) is 19.5 Å². The molecule has 0 bridgehead atoms. The van der Waals surface area contributed by atoms with Crippen LogP contribution in [0.3, 0.4) is 0 Å². The van der Waals surface area contributed by atoms with E-state index in [0.29, 0.717) is 62.9 Å². The van der Waals surface area contributed by atoms with E-state index in [0.717, 1.165) is 42.7 Å². The summed E-state index contributed by atoms with van der Waals surface area (Å²) in [6.07, 6.45) is 4.48. The maximum Gasteiger partial charge on any atom is 0.281 e. The molecule has 0 aliphatic carbocycles. The van der Waals surface area contributed by atoms with Crippen LogP contribution in [0, 0.1) is 6.92 Å². The number of carbonyl (C=O) groups is 2. The number of benzene rings is 4. The quantitative estimate of drug-likeness (QED) is 0.0834. The Bertz CT molecular complexity index is 3050. The number of nitrogens with one attached hydrogen (secondary N) is 2. The predicted octanol–water partition coefficient (Wildman–Crippen LogP) is 8.13. The Balaban J connectivity index is 0.739. The third-order valence-electron chi connectivity index (χ3n) is 12.9. The van der Waals surface area contributed by atoms with E-state index in [1.54, 1.807) is 23.1 Å². The lowest BCUT2D eigenvalue weighted by Gasteiger charge is -2.38. The van der Waals surface area contributed by atoms with Gasteiger partial charge >= 0.3 is 0 Å². The summed E-state index contributed by atoms with van der Waals surface area (Å²) < 4.78 is 5.50. The molecule has 13 heteroatoms. The molecule has 0 atom stereocenters. The lowest BCUT2D eigenvalue weighted by molar-refractivity contribution is -0.135. The molecular formula is C52H56N8O4S. The molecule has 3 N–H and O–H groups in total. The van der Waals surface area contributed by atoms with Gasteiger partial charge in [-0.15, -0.1) is 11.3 Å². The molecule has 5 heterocycles. The first kappa shape index (κ1) is 43.8. The number of nitrogens with zero attached hydrogens (tertiary/aromatic N) is 6. The number of carbonyl (C=O) groups excluding carboxylic acids is 2. The molecule has 65 heavy (non-hydrogen) atoms. The summed E-state index contributed by atoms with van der Waals surface area (Å²) in [5, 5.41) is 27.4. The number of hydrogen-bond acceptors (Lipinski definition) is 8. The van der Waals surface area contributed by atoms with E-state index in [2.05, 4.69) is 87.0 Å². The summed E-state index contributed by atoms with van der Waals surface area (Å²) >= 11 is 1.79. The number of aryl methyl sites for hydroxylation is 4. The first-order valence-electron chi connectivity index (χ1n) is 22.7. The minimum absolute atomic E-state index is 0.00222. The lowest BCUT2D eigenvalue weighted by atomic mass is 9.91. The summed E-state index contributed by atoms with van der Waals surface area (Å²) in [5.41, 5.74) is 9.17. The molecule has 1 aliphatic rings. The number of amides is 2. The Hall–Kier alpha value is -6.41. The van der Waals surface area contributed by atoms with Crippen molar-refractivity contribution in [1.29, 1.82) is 0 Å². The smallest absolute Gasteiger partial charge is 0.281 e. The number of aliphatic hydroxyl groups is 1. The highest BCUT2D eigenvalue weighted by atomic mass is 32.1. The van der Waals surface area contributed by atoms with Crippen molar-refractivity contribution in [2.45, 2.75) is 84.2 Å². The van der Waals surface area contributed by atoms with E-state index in [4.69, 9.17) is 0 Å². The van der Waals surface area contributed by atoms with Crippen LogP contribution in [0.1, 0.15) is 61.3 Å². The number of piperidine rings is 1. The molecule has 0 unspecified atom stereocenters. The predicted molar refractivity (Wildman–Crippen MR) is 260 cm³/mol. The third-order valence-corrected chi connectivity index (χ3v) is 14.0. The number of thiophene rings is 1. The monoisotopic (exact) mass is 888 g/mol. The highest BCUT2D eigenvalue weighted by Crippen LogP contribution is 2.35. The summed E-state index contributed by atoms with van der Waals surface area (Å²) in [5.74, 6) is 0.0775. The highest BCUT2D eigenvalue weighted by molar-refractivity contribution is 7.13. The van der Waals surface area contributed by atoms with Gasteiger partial charge < -0.3 is 25.2 Å². The summed E-state index contributed by atoms with van der Waals surface area (Å²) in [7, 11) is 1.79. The minimum atomic E-state index is -1.14. The summed E-state index contributed by atoms with van der Waals surface area (Å²) in [6.45, 7) is 8.06. The second-order valence-corrected chi connectivity index (χ2v) is 18.4. The fourth-order valence-corrected chi connectivity index (χ4v) is 10.1. The van der Waals surface area contributed by atoms with Gasteiger partial charge in [0.1, 0.15) is 5.52 Å². The van der Waals surface area contributed by atoms with E-state index in [1.807, 2.05) is 59.5 Å². The number of aromatic nitrogens is 5.